The summed E-state index contributed by atoms with van der Waals surface area (Å²) < 4.78 is 0. The minimum absolute atomic E-state index is 0.499. The van der Waals surface area contributed by atoms with E-state index in [2.05, 4.69) is 39.1 Å². The Balaban J connectivity index is 3.16. The Labute approximate surface area is 75.6 Å². The van der Waals surface area contributed by atoms with Gasteiger partial charge < -0.3 is 0 Å². The highest BCUT2D eigenvalue weighted by molar-refractivity contribution is 7.81. The molecule has 0 fully saturated rings. The Morgan fingerprint density at radius 3 is 2.30 bits per heavy atom. The SMILES string of the molecule is CCCCC(S)CC(C)S. The molecule has 0 aromatic heterocycles. The molecule has 0 aliphatic heterocycles. The normalized spacial score (nSPS) is 16.8. The highest BCUT2D eigenvalue weighted by atomic mass is 32.1. The highest BCUT2D eigenvalue weighted by Gasteiger charge is 2.04. The van der Waals surface area contributed by atoms with Crippen LogP contribution >= 0.6 is 25.3 Å². The van der Waals surface area contributed by atoms with E-state index < -0.39 is 0 Å². The van der Waals surface area contributed by atoms with Crippen molar-refractivity contribution in [1.82, 2.24) is 0 Å². The number of hydrogen-bond acceptors (Lipinski definition) is 2. The van der Waals surface area contributed by atoms with Gasteiger partial charge in [0.25, 0.3) is 0 Å². The maximum absolute atomic E-state index is 4.45. The van der Waals surface area contributed by atoms with E-state index >= 15 is 0 Å². The smallest absolute Gasteiger partial charge is 0.00271 e. The lowest BCUT2D eigenvalue weighted by Gasteiger charge is -2.11. The molecule has 0 spiro atoms. The van der Waals surface area contributed by atoms with Crippen LogP contribution in [0.4, 0.5) is 0 Å². The molecule has 62 valence electrons. The van der Waals surface area contributed by atoms with Crippen molar-refractivity contribution >= 4 is 25.3 Å². The summed E-state index contributed by atoms with van der Waals surface area (Å²) in [6, 6.07) is 0. The fraction of sp³-hybridized carbons (Fsp3) is 1.00. The fourth-order valence-corrected chi connectivity index (χ4v) is 1.87. The zero-order valence-corrected chi connectivity index (χ0v) is 8.67. The van der Waals surface area contributed by atoms with E-state index in [1.54, 1.807) is 0 Å². The fourth-order valence-electron chi connectivity index (χ4n) is 0.951. The van der Waals surface area contributed by atoms with Gasteiger partial charge >= 0.3 is 0 Å². The van der Waals surface area contributed by atoms with Gasteiger partial charge in [0, 0.05) is 5.25 Å². The molecule has 0 aromatic carbocycles. The van der Waals surface area contributed by atoms with Crippen molar-refractivity contribution in [3.05, 3.63) is 0 Å². The van der Waals surface area contributed by atoms with Crippen LogP contribution in [0, 0.1) is 0 Å². The van der Waals surface area contributed by atoms with E-state index in [0.717, 1.165) is 6.42 Å². The monoisotopic (exact) mass is 178 g/mol. The Bertz CT molecular complexity index is 71.7. The molecule has 0 rings (SSSR count). The van der Waals surface area contributed by atoms with E-state index in [4.69, 9.17) is 0 Å². The average molecular weight is 178 g/mol. The molecule has 2 heteroatoms. The van der Waals surface area contributed by atoms with Crippen LogP contribution in [0.1, 0.15) is 39.5 Å². The lowest BCUT2D eigenvalue weighted by Crippen LogP contribution is -2.04. The third kappa shape index (κ3) is 6.81. The molecule has 0 heterocycles. The van der Waals surface area contributed by atoms with Crippen molar-refractivity contribution in [2.75, 3.05) is 0 Å². The second kappa shape index (κ2) is 6.41. The van der Waals surface area contributed by atoms with Gasteiger partial charge in [0.05, 0.1) is 0 Å². The molecule has 0 saturated carbocycles. The summed E-state index contributed by atoms with van der Waals surface area (Å²) in [6.07, 6.45) is 4.95. The summed E-state index contributed by atoms with van der Waals surface area (Å²) in [6.45, 7) is 4.34. The summed E-state index contributed by atoms with van der Waals surface area (Å²) in [5.74, 6) is 0. The van der Waals surface area contributed by atoms with Gasteiger partial charge in [-0.05, 0) is 18.1 Å². The molecule has 2 unspecified atom stereocenters. The van der Waals surface area contributed by atoms with Crippen molar-refractivity contribution in [2.45, 2.75) is 50.0 Å². The molecular formula is C8H18S2. The molecule has 0 bridgehead atoms. The van der Waals surface area contributed by atoms with E-state index in [0.29, 0.717) is 10.5 Å². The van der Waals surface area contributed by atoms with Crippen molar-refractivity contribution < 1.29 is 0 Å². The summed E-state index contributed by atoms with van der Waals surface area (Å²) in [7, 11) is 0. The molecule has 0 N–H and O–H groups in total. The topological polar surface area (TPSA) is 0 Å². The third-order valence-electron chi connectivity index (χ3n) is 1.50. The van der Waals surface area contributed by atoms with Crippen molar-refractivity contribution in [3.63, 3.8) is 0 Å². The maximum atomic E-state index is 4.45. The minimum atomic E-state index is 0.499. The summed E-state index contributed by atoms with van der Waals surface area (Å²) in [5, 5.41) is 1.06. The van der Waals surface area contributed by atoms with Crippen molar-refractivity contribution in [3.8, 4) is 0 Å². The first-order valence-corrected chi connectivity index (χ1v) is 5.06. The number of rotatable bonds is 5. The van der Waals surface area contributed by atoms with Crippen LogP contribution in [0.3, 0.4) is 0 Å². The van der Waals surface area contributed by atoms with Crippen LogP contribution in [0.25, 0.3) is 0 Å². The maximum Gasteiger partial charge on any atom is 0.00271 e. The lowest BCUT2D eigenvalue weighted by atomic mass is 10.1. The molecule has 0 radical (unpaired) electrons. The van der Waals surface area contributed by atoms with E-state index in [1.807, 2.05) is 0 Å². The van der Waals surface area contributed by atoms with Gasteiger partial charge in [0.2, 0.25) is 0 Å². The molecule has 10 heavy (non-hydrogen) atoms. The standard InChI is InChI=1S/C8H18S2/c1-3-4-5-8(10)6-7(2)9/h7-10H,3-6H2,1-2H3. The largest absolute Gasteiger partial charge is 0.176 e. The van der Waals surface area contributed by atoms with E-state index in [9.17, 15) is 0 Å². The van der Waals surface area contributed by atoms with Gasteiger partial charge in [-0.2, -0.15) is 25.3 Å². The molecule has 0 nitrogen and oxygen atoms in total. The van der Waals surface area contributed by atoms with Gasteiger partial charge in [0.15, 0.2) is 0 Å². The molecule has 0 aromatic rings. The van der Waals surface area contributed by atoms with E-state index in [1.165, 1.54) is 19.3 Å². The molecular weight excluding hydrogens is 160 g/mol. The number of hydrogen-bond donors (Lipinski definition) is 2. The van der Waals surface area contributed by atoms with Gasteiger partial charge in [-0.3, -0.25) is 0 Å². The first kappa shape index (κ1) is 10.7. The molecule has 0 amide bonds. The Kier molecular flexibility index (Phi) is 6.86. The third-order valence-corrected chi connectivity index (χ3v) is 2.18. The molecule has 0 aliphatic rings. The second-order valence-electron chi connectivity index (χ2n) is 2.88. The minimum Gasteiger partial charge on any atom is -0.176 e. The first-order valence-electron chi connectivity index (χ1n) is 4.03. The van der Waals surface area contributed by atoms with Crippen LogP contribution in [-0.4, -0.2) is 10.5 Å². The predicted octanol–water partition coefficient (Wildman–Crippen LogP) is 3.18. The Morgan fingerprint density at radius 1 is 1.30 bits per heavy atom. The summed E-state index contributed by atoms with van der Waals surface area (Å²) in [5.41, 5.74) is 0. The highest BCUT2D eigenvalue weighted by Crippen LogP contribution is 2.15. The van der Waals surface area contributed by atoms with Crippen LogP contribution in [0.5, 0.6) is 0 Å². The second-order valence-corrected chi connectivity index (χ2v) is 4.49. The number of unbranched alkanes of at least 4 members (excludes halogenated alkanes) is 1. The zero-order valence-electron chi connectivity index (χ0n) is 6.88. The van der Waals surface area contributed by atoms with Gasteiger partial charge in [-0.15, -0.1) is 0 Å². The lowest BCUT2D eigenvalue weighted by molar-refractivity contribution is 0.649. The summed E-state index contributed by atoms with van der Waals surface area (Å²) >= 11 is 8.77. The van der Waals surface area contributed by atoms with Crippen LogP contribution < -0.4 is 0 Å². The first-order chi connectivity index (χ1) is 4.66. The van der Waals surface area contributed by atoms with Gasteiger partial charge in [0.1, 0.15) is 0 Å². The Morgan fingerprint density at radius 2 is 1.90 bits per heavy atom. The average Bonchev–Trinajstić information content (AvgIpc) is 1.82. The van der Waals surface area contributed by atoms with Crippen LogP contribution in [0.15, 0.2) is 0 Å². The quantitative estimate of drug-likeness (QED) is 0.594. The molecule has 0 saturated heterocycles. The molecule has 2 atom stereocenters. The van der Waals surface area contributed by atoms with Crippen molar-refractivity contribution in [1.29, 1.82) is 0 Å². The van der Waals surface area contributed by atoms with E-state index in [-0.39, 0.29) is 0 Å². The molecule has 0 aliphatic carbocycles. The van der Waals surface area contributed by atoms with Crippen molar-refractivity contribution in [2.24, 2.45) is 0 Å². The van der Waals surface area contributed by atoms with Crippen LogP contribution in [-0.2, 0) is 0 Å². The van der Waals surface area contributed by atoms with Gasteiger partial charge in [-0.1, -0.05) is 26.7 Å². The Hall–Kier alpha value is 0.700. The van der Waals surface area contributed by atoms with Crippen LogP contribution in [0.2, 0.25) is 0 Å². The predicted molar refractivity (Wildman–Crippen MR) is 55.4 cm³/mol. The number of thiol groups is 2. The summed E-state index contributed by atoms with van der Waals surface area (Å²) in [4.78, 5) is 0. The van der Waals surface area contributed by atoms with Gasteiger partial charge in [-0.25, -0.2) is 0 Å². The zero-order chi connectivity index (χ0) is 7.98.